The van der Waals surface area contributed by atoms with Gasteiger partial charge in [0.15, 0.2) is 0 Å². The molecule has 2 aliphatic rings. The summed E-state index contributed by atoms with van der Waals surface area (Å²) in [6.07, 6.45) is 4.01. The summed E-state index contributed by atoms with van der Waals surface area (Å²) >= 11 is 0. The van der Waals surface area contributed by atoms with E-state index in [4.69, 9.17) is 9.47 Å². The monoisotopic (exact) mass is 374 g/mol. The third-order valence-electron chi connectivity index (χ3n) is 5.16. The normalized spacial score (nSPS) is 21.4. The quantitative estimate of drug-likeness (QED) is 0.829. The minimum atomic E-state index is -0.192. The first-order valence-electron chi connectivity index (χ1n) is 10.1. The molecule has 2 atom stereocenters. The van der Waals surface area contributed by atoms with Crippen molar-refractivity contribution in [1.29, 1.82) is 0 Å². The van der Waals surface area contributed by atoms with Crippen LogP contribution in [0.1, 0.15) is 52.0 Å². The van der Waals surface area contributed by atoms with Crippen molar-refractivity contribution < 1.29 is 19.1 Å². The van der Waals surface area contributed by atoms with Crippen molar-refractivity contribution in [2.24, 2.45) is 5.92 Å². The van der Waals surface area contributed by atoms with E-state index in [0.717, 1.165) is 43.5 Å². The number of amides is 2. The molecule has 0 spiro atoms. The molecule has 27 heavy (non-hydrogen) atoms. The molecule has 0 radical (unpaired) electrons. The number of carbonyl (C=O) groups is 2. The van der Waals surface area contributed by atoms with Crippen LogP contribution in [0.4, 0.5) is 5.69 Å². The molecular weight excluding hydrogens is 344 g/mol. The Hall–Kier alpha value is -2.24. The zero-order chi connectivity index (χ0) is 19.4. The molecule has 2 unspecified atom stereocenters. The number of likely N-dealkylation sites (tertiary alicyclic amines) is 1. The molecule has 148 valence electrons. The first kappa shape index (κ1) is 19.5. The summed E-state index contributed by atoms with van der Waals surface area (Å²) in [5.74, 6) is 1.38. The van der Waals surface area contributed by atoms with Gasteiger partial charge in [0, 0.05) is 37.6 Å². The molecule has 6 nitrogen and oxygen atoms in total. The smallest absolute Gasteiger partial charge is 0.229 e. The third kappa shape index (κ3) is 4.54. The summed E-state index contributed by atoms with van der Waals surface area (Å²) in [5, 5.41) is 3.02. The lowest BCUT2D eigenvalue weighted by atomic mass is 9.96. The largest absolute Gasteiger partial charge is 0.492 e. The number of anilines is 1. The van der Waals surface area contributed by atoms with Crippen molar-refractivity contribution in [3.8, 4) is 11.5 Å². The topological polar surface area (TPSA) is 67.9 Å². The maximum absolute atomic E-state index is 12.9. The van der Waals surface area contributed by atoms with E-state index in [-0.39, 0.29) is 23.8 Å². The van der Waals surface area contributed by atoms with E-state index >= 15 is 0 Å². The average molecular weight is 374 g/mol. The number of nitrogens with one attached hydrogen (secondary N) is 1. The van der Waals surface area contributed by atoms with Gasteiger partial charge in [-0.15, -0.1) is 0 Å². The number of ether oxygens (including phenoxy) is 2. The van der Waals surface area contributed by atoms with Gasteiger partial charge in [0.1, 0.15) is 17.6 Å². The summed E-state index contributed by atoms with van der Waals surface area (Å²) in [6, 6.07) is 3.83. The Morgan fingerprint density at radius 2 is 2.15 bits per heavy atom. The van der Waals surface area contributed by atoms with E-state index < -0.39 is 0 Å². The molecular formula is C21H30N2O4. The number of nitrogens with zero attached hydrogens (tertiary/aromatic N) is 1. The Labute approximate surface area is 161 Å². The molecule has 0 saturated carbocycles. The van der Waals surface area contributed by atoms with Crippen LogP contribution in [0.15, 0.2) is 12.1 Å². The Morgan fingerprint density at radius 3 is 2.89 bits per heavy atom. The molecule has 2 amide bonds. The van der Waals surface area contributed by atoms with Crippen molar-refractivity contribution in [3.63, 3.8) is 0 Å². The number of rotatable bonds is 6. The molecule has 0 aromatic heterocycles. The Morgan fingerprint density at radius 1 is 1.33 bits per heavy atom. The van der Waals surface area contributed by atoms with Gasteiger partial charge in [-0.2, -0.15) is 0 Å². The molecule has 3 rings (SSSR count). The van der Waals surface area contributed by atoms with Crippen molar-refractivity contribution >= 4 is 17.5 Å². The molecule has 6 heteroatoms. The zero-order valence-corrected chi connectivity index (χ0v) is 16.5. The highest BCUT2D eigenvalue weighted by Crippen LogP contribution is 2.38. The molecule has 1 aromatic carbocycles. The second-order valence-corrected chi connectivity index (χ2v) is 7.44. The van der Waals surface area contributed by atoms with Gasteiger partial charge in [-0.3, -0.25) is 9.59 Å². The molecule has 0 aliphatic carbocycles. The Bertz CT molecular complexity index is 704. The fourth-order valence-electron chi connectivity index (χ4n) is 3.84. The van der Waals surface area contributed by atoms with E-state index in [9.17, 15) is 9.59 Å². The van der Waals surface area contributed by atoms with Crippen molar-refractivity contribution in [3.05, 3.63) is 17.7 Å². The fraction of sp³-hybridized carbons (Fsp3) is 0.619. The second kappa shape index (κ2) is 8.63. The molecule has 2 heterocycles. The SMILES string of the molecule is CCCC(=O)N1CCCC(C(=O)Nc2cc3c(cc2OCC)CC(C)O3)C1. The van der Waals surface area contributed by atoms with E-state index in [1.165, 1.54) is 0 Å². The lowest BCUT2D eigenvalue weighted by Crippen LogP contribution is -2.43. The molecule has 1 N–H and O–H groups in total. The van der Waals surface area contributed by atoms with Crippen LogP contribution in [0.3, 0.4) is 0 Å². The summed E-state index contributed by atoms with van der Waals surface area (Å²) < 4.78 is 11.6. The number of fused-ring (bicyclic) bond motifs is 1. The van der Waals surface area contributed by atoms with Gasteiger partial charge < -0.3 is 19.7 Å². The van der Waals surface area contributed by atoms with Crippen LogP contribution >= 0.6 is 0 Å². The van der Waals surface area contributed by atoms with Crippen molar-refractivity contribution in [1.82, 2.24) is 4.90 Å². The fourth-order valence-corrected chi connectivity index (χ4v) is 3.84. The number of hydrogen-bond acceptors (Lipinski definition) is 4. The van der Waals surface area contributed by atoms with Crippen LogP contribution in [-0.4, -0.2) is 42.5 Å². The van der Waals surface area contributed by atoms with Gasteiger partial charge in [0.2, 0.25) is 11.8 Å². The molecule has 1 aromatic rings. The van der Waals surface area contributed by atoms with Crippen LogP contribution < -0.4 is 14.8 Å². The average Bonchev–Trinajstić information content (AvgIpc) is 3.01. The van der Waals surface area contributed by atoms with Crippen LogP contribution in [0.5, 0.6) is 11.5 Å². The number of hydrogen-bond donors (Lipinski definition) is 1. The summed E-state index contributed by atoms with van der Waals surface area (Å²) in [4.78, 5) is 26.9. The third-order valence-corrected chi connectivity index (χ3v) is 5.16. The van der Waals surface area contributed by atoms with Crippen LogP contribution in [-0.2, 0) is 16.0 Å². The number of piperidine rings is 1. The van der Waals surface area contributed by atoms with E-state index in [1.807, 2.05) is 37.8 Å². The maximum atomic E-state index is 12.9. The highest BCUT2D eigenvalue weighted by molar-refractivity contribution is 5.95. The minimum absolute atomic E-state index is 0.0593. The summed E-state index contributed by atoms with van der Waals surface area (Å²) in [6.45, 7) is 7.72. The highest BCUT2D eigenvalue weighted by atomic mass is 16.5. The first-order valence-corrected chi connectivity index (χ1v) is 10.1. The number of carbonyl (C=O) groups excluding carboxylic acids is 2. The van der Waals surface area contributed by atoms with E-state index in [2.05, 4.69) is 5.32 Å². The Kier molecular flexibility index (Phi) is 6.24. The van der Waals surface area contributed by atoms with Crippen LogP contribution in [0, 0.1) is 5.92 Å². The zero-order valence-electron chi connectivity index (χ0n) is 16.5. The summed E-state index contributed by atoms with van der Waals surface area (Å²) in [5.41, 5.74) is 1.75. The van der Waals surface area contributed by atoms with Crippen LogP contribution in [0.25, 0.3) is 0 Å². The molecule has 0 bridgehead atoms. The molecule has 2 aliphatic heterocycles. The van der Waals surface area contributed by atoms with Gasteiger partial charge in [-0.25, -0.2) is 0 Å². The predicted octanol–water partition coefficient (Wildman–Crippen LogP) is 3.39. The minimum Gasteiger partial charge on any atom is -0.492 e. The second-order valence-electron chi connectivity index (χ2n) is 7.44. The first-order chi connectivity index (χ1) is 13.0. The molecule has 1 fully saturated rings. The molecule has 1 saturated heterocycles. The van der Waals surface area contributed by atoms with Crippen LogP contribution in [0.2, 0.25) is 0 Å². The van der Waals surface area contributed by atoms with E-state index in [1.54, 1.807) is 0 Å². The van der Waals surface area contributed by atoms with Crippen molar-refractivity contribution in [2.75, 3.05) is 25.0 Å². The van der Waals surface area contributed by atoms with Gasteiger partial charge in [0.25, 0.3) is 0 Å². The van der Waals surface area contributed by atoms with Gasteiger partial charge in [-0.05, 0) is 39.2 Å². The number of benzene rings is 1. The summed E-state index contributed by atoms with van der Waals surface area (Å²) in [7, 11) is 0. The van der Waals surface area contributed by atoms with Gasteiger partial charge in [-0.1, -0.05) is 6.92 Å². The van der Waals surface area contributed by atoms with E-state index in [0.29, 0.717) is 31.0 Å². The van der Waals surface area contributed by atoms with Crippen molar-refractivity contribution in [2.45, 2.75) is 59.0 Å². The Balaban J connectivity index is 1.71. The standard InChI is InChI=1S/C21H30N2O4/c1-4-7-20(24)23-9-6-8-15(13-23)21(25)22-17-12-18-16(10-14(3)27-18)11-19(17)26-5-2/h11-12,14-15H,4-10,13H2,1-3H3,(H,22,25). The maximum Gasteiger partial charge on any atom is 0.229 e. The lowest BCUT2D eigenvalue weighted by Gasteiger charge is -2.32. The highest BCUT2D eigenvalue weighted by Gasteiger charge is 2.29. The van der Waals surface area contributed by atoms with Gasteiger partial charge >= 0.3 is 0 Å². The lowest BCUT2D eigenvalue weighted by molar-refractivity contribution is -0.134. The predicted molar refractivity (Wildman–Crippen MR) is 104 cm³/mol. The van der Waals surface area contributed by atoms with Gasteiger partial charge in [0.05, 0.1) is 18.2 Å².